The highest BCUT2D eigenvalue weighted by Crippen LogP contribution is 2.33. The summed E-state index contributed by atoms with van der Waals surface area (Å²) in [7, 11) is 0. The smallest absolute Gasteiger partial charge is 0.308 e. The van der Waals surface area contributed by atoms with Crippen LogP contribution in [0.15, 0.2) is 84.9 Å². The second kappa shape index (κ2) is 16.1. The van der Waals surface area contributed by atoms with Gasteiger partial charge in [-0.3, -0.25) is 14.9 Å². The highest BCUT2D eigenvalue weighted by molar-refractivity contribution is 5.70. The predicted molar refractivity (Wildman–Crippen MR) is 191 cm³/mol. The lowest BCUT2D eigenvalue weighted by molar-refractivity contribution is -0.385. The highest BCUT2D eigenvalue weighted by Gasteiger charge is 2.37. The van der Waals surface area contributed by atoms with Gasteiger partial charge in [0.25, 0.3) is 5.69 Å². The molecule has 5 rings (SSSR count). The van der Waals surface area contributed by atoms with E-state index < -0.39 is 27.9 Å². The van der Waals surface area contributed by atoms with Crippen LogP contribution in [0.3, 0.4) is 0 Å². The van der Waals surface area contributed by atoms with Crippen molar-refractivity contribution in [2.24, 2.45) is 0 Å². The lowest BCUT2D eigenvalue weighted by Gasteiger charge is -2.40. The van der Waals surface area contributed by atoms with Crippen molar-refractivity contribution in [2.75, 3.05) is 11.5 Å². The Labute approximate surface area is 302 Å². The first kappa shape index (κ1) is 38.2. The van der Waals surface area contributed by atoms with E-state index in [1.807, 2.05) is 49.9 Å². The summed E-state index contributed by atoms with van der Waals surface area (Å²) < 4.78 is 58.1. The van der Waals surface area contributed by atoms with Gasteiger partial charge in [-0.2, -0.15) is 0 Å². The zero-order valence-corrected chi connectivity index (χ0v) is 30.2. The van der Waals surface area contributed by atoms with Gasteiger partial charge in [0.2, 0.25) is 0 Å². The molecule has 0 saturated carbocycles. The third-order valence-electron chi connectivity index (χ3n) is 8.21. The van der Waals surface area contributed by atoms with E-state index in [2.05, 4.69) is 0 Å². The Morgan fingerprint density at radius 2 is 1.62 bits per heavy atom. The molecule has 0 unspecified atom stereocenters. The molecule has 1 fully saturated rings. The van der Waals surface area contributed by atoms with E-state index in [-0.39, 0.29) is 55.5 Å². The molecule has 4 aromatic carbocycles. The molecule has 1 aliphatic heterocycles. The molecule has 4 aromatic rings. The zero-order chi connectivity index (χ0) is 37.6. The van der Waals surface area contributed by atoms with Crippen molar-refractivity contribution in [3.63, 3.8) is 0 Å². The molecule has 1 heterocycles. The minimum atomic E-state index is -0.901. The van der Waals surface area contributed by atoms with Crippen LogP contribution in [-0.2, 0) is 32.1 Å². The number of hydrogen-bond acceptors (Lipinski definition) is 9. The maximum Gasteiger partial charge on any atom is 0.308 e. The number of anilines is 1. The number of carbonyl (C=O) groups is 1. The summed E-state index contributed by atoms with van der Waals surface area (Å²) in [5, 5.41) is 11.7. The average Bonchev–Trinajstić information content (AvgIpc) is 3.04. The number of carbonyl (C=O) groups excluding carboxylic acids is 1. The molecule has 0 amide bonds. The van der Waals surface area contributed by atoms with Gasteiger partial charge in [0.15, 0.2) is 5.79 Å². The molecule has 2 atom stereocenters. The maximum absolute atomic E-state index is 14.7. The first-order chi connectivity index (χ1) is 24.5. The van der Waals surface area contributed by atoms with Gasteiger partial charge in [0, 0.05) is 49.0 Å². The number of nitrogens with zero attached hydrogens (tertiary/aromatic N) is 2. The van der Waals surface area contributed by atoms with Crippen LogP contribution in [0.1, 0.15) is 64.2 Å². The number of nitro groups is 1. The Morgan fingerprint density at radius 3 is 2.31 bits per heavy atom. The van der Waals surface area contributed by atoms with Crippen molar-refractivity contribution in [2.45, 2.75) is 91.1 Å². The van der Waals surface area contributed by atoms with Gasteiger partial charge < -0.3 is 28.6 Å². The van der Waals surface area contributed by atoms with Crippen LogP contribution in [0.5, 0.6) is 17.2 Å². The molecule has 10 nitrogen and oxygen atoms in total. The normalized spacial score (nSPS) is 16.9. The van der Waals surface area contributed by atoms with Crippen LogP contribution in [0.25, 0.3) is 0 Å². The van der Waals surface area contributed by atoms with E-state index in [0.29, 0.717) is 34.9 Å². The van der Waals surface area contributed by atoms with Crippen LogP contribution in [0.2, 0.25) is 0 Å². The lowest BCUT2D eigenvalue weighted by atomic mass is 10.1. The highest BCUT2D eigenvalue weighted by atomic mass is 19.1. The fourth-order valence-corrected chi connectivity index (χ4v) is 6.09. The number of ether oxygens (including phenoxy) is 5. The molecular formula is C40H44F2N2O8. The van der Waals surface area contributed by atoms with E-state index in [9.17, 15) is 23.7 Å². The van der Waals surface area contributed by atoms with Crippen molar-refractivity contribution >= 4 is 17.3 Å². The molecule has 0 spiro atoms. The van der Waals surface area contributed by atoms with Crippen LogP contribution in [-0.4, -0.2) is 41.1 Å². The fourth-order valence-electron chi connectivity index (χ4n) is 6.09. The van der Waals surface area contributed by atoms with Crippen molar-refractivity contribution in [1.29, 1.82) is 0 Å². The minimum Gasteiger partial charge on any atom is -0.491 e. The van der Waals surface area contributed by atoms with Crippen LogP contribution >= 0.6 is 0 Å². The molecule has 0 aromatic heterocycles. The molecule has 1 saturated heterocycles. The van der Waals surface area contributed by atoms with Crippen LogP contribution < -0.4 is 14.4 Å². The number of benzene rings is 4. The SMILES string of the molecule is Cc1c(N(Cc2ccc(Oc3cccc(OC[C@@H]4C[C@H](CC(=O)OC(C)(C)C)OC(C)(C)O4)c3)cc2)Cc2ccc(F)cc2F)cccc1[N+](=O)[O-]. The van der Waals surface area contributed by atoms with Gasteiger partial charge in [-0.05, 0) is 83.5 Å². The number of halogens is 2. The summed E-state index contributed by atoms with van der Waals surface area (Å²) in [5.74, 6) is -0.943. The van der Waals surface area contributed by atoms with Gasteiger partial charge in [-0.25, -0.2) is 8.78 Å². The Bertz CT molecular complexity index is 1880. The molecule has 1 aliphatic rings. The molecule has 0 N–H and O–H groups in total. The Balaban J connectivity index is 1.23. The van der Waals surface area contributed by atoms with Crippen LogP contribution in [0, 0.1) is 28.7 Å². The summed E-state index contributed by atoms with van der Waals surface area (Å²) in [4.78, 5) is 25.5. The molecular weight excluding hydrogens is 674 g/mol. The zero-order valence-electron chi connectivity index (χ0n) is 30.2. The fraction of sp³-hybridized carbons (Fsp3) is 0.375. The molecule has 0 bridgehead atoms. The lowest BCUT2D eigenvalue weighted by Crippen LogP contribution is -2.47. The van der Waals surface area contributed by atoms with E-state index in [1.165, 1.54) is 18.2 Å². The van der Waals surface area contributed by atoms with Gasteiger partial charge in [0.1, 0.15) is 41.1 Å². The van der Waals surface area contributed by atoms with Gasteiger partial charge in [-0.15, -0.1) is 0 Å². The molecule has 52 heavy (non-hydrogen) atoms. The van der Waals surface area contributed by atoms with Gasteiger partial charge >= 0.3 is 5.97 Å². The Hall–Kier alpha value is -5.07. The largest absolute Gasteiger partial charge is 0.491 e. The topological polar surface area (TPSA) is 110 Å². The summed E-state index contributed by atoms with van der Waals surface area (Å²) in [6.07, 6.45) is -0.126. The third kappa shape index (κ3) is 10.7. The Kier molecular flexibility index (Phi) is 11.8. The molecule has 0 radical (unpaired) electrons. The van der Waals surface area contributed by atoms with Crippen molar-refractivity contribution in [1.82, 2.24) is 0 Å². The molecule has 0 aliphatic carbocycles. The second-order valence-corrected chi connectivity index (χ2v) is 14.2. The number of esters is 1. The minimum absolute atomic E-state index is 0.0523. The van der Waals surface area contributed by atoms with E-state index in [4.69, 9.17) is 23.7 Å². The quantitative estimate of drug-likeness (QED) is 0.0759. The van der Waals surface area contributed by atoms with E-state index in [1.54, 1.807) is 57.2 Å². The van der Waals surface area contributed by atoms with E-state index >= 15 is 0 Å². The van der Waals surface area contributed by atoms with Crippen molar-refractivity contribution < 1.29 is 42.2 Å². The first-order valence-electron chi connectivity index (χ1n) is 17.0. The van der Waals surface area contributed by atoms with E-state index in [0.717, 1.165) is 11.6 Å². The first-order valence-corrected chi connectivity index (χ1v) is 17.0. The number of nitro benzene ring substituents is 1. The maximum atomic E-state index is 14.7. The third-order valence-corrected chi connectivity index (χ3v) is 8.21. The predicted octanol–water partition coefficient (Wildman–Crippen LogP) is 9.20. The van der Waals surface area contributed by atoms with Crippen molar-refractivity contribution in [3.8, 4) is 17.2 Å². The van der Waals surface area contributed by atoms with Gasteiger partial charge in [0.05, 0.1) is 29.1 Å². The number of hydrogen-bond donors (Lipinski definition) is 0. The Morgan fingerprint density at radius 1 is 0.923 bits per heavy atom. The standard InChI is InChI=1S/C40H44F2N2O8/c1-26-36(11-8-12-37(26)44(46)47)43(24-28-15-16-29(41)19-35(28)42)23-27-13-17-30(18-14-27)49-32-10-7-9-31(20-32)48-25-34-21-33(50-40(5,6)51-34)22-38(45)52-39(2,3)4/h7-20,33-34H,21-25H2,1-6H3/t33-,34+/m1/s1. The monoisotopic (exact) mass is 718 g/mol. The number of rotatable bonds is 13. The summed E-state index contributed by atoms with van der Waals surface area (Å²) in [6, 6.07) is 22.6. The molecule has 276 valence electrons. The van der Waals surface area contributed by atoms with Gasteiger partial charge in [-0.1, -0.05) is 30.3 Å². The second-order valence-electron chi connectivity index (χ2n) is 14.2. The summed E-state index contributed by atoms with van der Waals surface area (Å²) >= 11 is 0. The summed E-state index contributed by atoms with van der Waals surface area (Å²) in [6.45, 7) is 11.3. The summed E-state index contributed by atoms with van der Waals surface area (Å²) in [5.41, 5.74) is 1.44. The average molecular weight is 719 g/mol. The van der Waals surface area contributed by atoms with Crippen molar-refractivity contribution in [3.05, 3.63) is 123 Å². The molecule has 12 heteroatoms. The van der Waals surface area contributed by atoms with Crippen LogP contribution in [0.4, 0.5) is 20.2 Å².